The molecule has 5 heavy (non-hydrogen) atoms. The molecule has 5 heteroatoms. The van der Waals surface area contributed by atoms with Crippen molar-refractivity contribution >= 4 is 23.1 Å². The second-order valence-corrected chi connectivity index (χ2v) is 1.21. The normalized spacial score (nSPS) is 4.80. The van der Waals surface area contributed by atoms with Gasteiger partial charge < -0.3 is 0 Å². The van der Waals surface area contributed by atoms with Gasteiger partial charge in [0, 0.05) is 23.1 Å². The van der Waals surface area contributed by atoms with Crippen LogP contribution in [0.5, 0.6) is 0 Å². The van der Waals surface area contributed by atoms with Gasteiger partial charge in [0.15, 0.2) is 0 Å². The van der Waals surface area contributed by atoms with E-state index in [9.17, 15) is 0 Å². The first-order valence-electron chi connectivity index (χ1n) is 0.500. The van der Waals surface area contributed by atoms with Crippen LogP contribution in [0.25, 0.3) is 0 Å². The summed E-state index contributed by atoms with van der Waals surface area (Å²) in [5.74, 6) is 0. The van der Waals surface area contributed by atoms with Gasteiger partial charge in [0.05, 0.1) is 0 Å². The fourth-order valence-corrected chi connectivity index (χ4v) is 0. The van der Waals surface area contributed by atoms with Crippen LogP contribution < -0.4 is 0 Å². The van der Waals surface area contributed by atoms with Crippen molar-refractivity contribution in [3.05, 3.63) is 0 Å². The maximum absolute atomic E-state index is 8.59. The third-order valence-corrected chi connectivity index (χ3v) is 0. The van der Waals surface area contributed by atoms with Crippen LogP contribution >= 0.6 is 0 Å². The molecule has 0 amide bonds. The summed E-state index contributed by atoms with van der Waals surface area (Å²) in [6.07, 6.45) is 0. The topological polar surface area (TPSA) is 51.2 Å². The summed E-state index contributed by atoms with van der Waals surface area (Å²) in [6.45, 7) is 0. The maximum atomic E-state index is 8.59. The van der Waals surface area contributed by atoms with Crippen molar-refractivity contribution in [3.8, 4) is 0 Å². The molecule has 2 radical (unpaired) electrons. The molecule has 0 bridgehead atoms. The Morgan fingerprint density at radius 2 is 1.00 bits per heavy atom. The van der Waals surface area contributed by atoms with E-state index in [0.717, 1.165) is 0 Å². The molecular formula is MgMoO3. The van der Waals surface area contributed by atoms with Gasteiger partial charge in [-0.3, -0.25) is 0 Å². The molecule has 0 aromatic heterocycles. The van der Waals surface area contributed by atoms with Crippen molar-refractivity contribution in [2.24, 2.45) is 0 Å². The molecule has 0 aromatic rings. The molecule has 0 N–H and O–H groups in total. The predicted octanol–water partition coefficient (Wildman–Crippen LogP) is -0.740. The standard InChI is InChI=1S/Mg.Mo.3O. The summed E-state index contributed by atoms with van der Waals surface area (Å²) in [5.41, 5.74) is 0. The van der Waals surface area contributed by atoms with Crippen LogP contribution in [0.1, 0.15) is 0 Å². The van der Waals surface area contributed by atoms with E-state index in [1.54, 1.807) is 0 Å². The first-order chi connectivity index (χ1) is 1.73. The monoisotopic (exact) mass is 170 g/mol. The van der Waals surface area contributed by atoms with E-state index in [2.05, 4.69) is 0 Å². The molecule has 0 fully saturated rings. The number of hydrogen-bond acceptors (Lipinski definition) is 3. The molecule has 0 aromatic carbocycles. The van der Waals surface area contributed by atoms with E-state index in [-0.39, 0.29) is 23.1 Å². The Bertz CT molecular complexity index is 76.3. The molecule has 3 nitrogen and oxygen atoms in total. The zero-order valence-corrected chi connectivity index (χ0v) is 5.76. The summed E-state index contributed by atoms with van der Waals surface area (Å²) < 4.78 is 25.8. The first-order valence-corrected chi connectivity index (χ1v) is 2.96. The van der Waals surface area contributed by atoms with Gasteiger partial charge in [-0.25, -0.2) is 0 Å². The summed E-state index contributed by atoms with van der Waals surface area (Å²) in [4.78, 5) is 0. The molecule has 0 atom stereocenters. The second kappa shape index (κ2) is 4.85. The van der Waals surface area contributed by atoms with Gasteiger partial charge in [0.25, 0.3) is 0 Å². The molecule has 0 rings (SSSR count). The van der Waals surface area contributed by atoms with Crippen LogP contribution in [-0.2, 0) is 27.4 Å². The molecular weight excluding hydrogens is 168 g/mol. The average Bonchev–Trinajstić information content (AvgIpc) is 0.811. The van der Waals surface area contributed by atoms with Crippen LogP contribution in [0.4, 0.5) is 0 Å². The average molecular weight is 168 g/mol. The van der Waals surface area contributed by atoms with Crippen LogP contribution in [-0.4, -0.2) is 23.1 Å². The van der Waals surface area contributed by atoms with Crippen molar-refractivity contribution in [3.63, 3.8) is 0 Å². The zero-order chi connectivity index (χ0) is 3.58. The van der Waals surface area contributed by atoms with E-state index in [1.807, 2.05) is 0 Å². The fourth-order valence-electron chi connectivity index (χ4n) is 0. The Morgan fingerprint density at radius 3 is 1.00 bits per heavy atom. The van der Waals surface area contributed by atoms with Crippen LogP contribution in [0.2, 0.25) is 0 Å². The number of rotatable bonds is 0. The van der Waals surface area contributed by atoms with Crippen molar-refractivity contribution in [2.75, 3.05) is 0 Å². The van der Waals surface area contributed by atoms with Crippen molar-refractivity contribution in [2.45, 2.75) is 0 Å². The Balaban J connectivity index is 0. The molecule has 0 spiro atoms. The van der Waals surface area contributed by atoms with Gasteiger partial charge in [-0.1, -0.05) is 0 Å². The van der Waals surface area contributed by atoms with Gasteiger partial charge in [-0.2, -0.15) is 0 Å². The van der Waals surface area contributed by atoms with Crippen molar-refractivity contribution in [1.82, 2.24) is 0 Å². The first kappa shape index (κ1) is 9.29. The third-order valence-electron chi connectivity index (χ3n) is 0. The third kappa shape index (κ3) is 54.2. The Hall–Kier alpha value is 0.855. The minimum absolute atomic E-state index is 0. The van der Waals surface area contributed by atoms with Gasteiger partial charge >= 0.3 is 27.4 Å². The number of hydrogen-bond donors (Lipinski definition) is 0. The van der Waals surface area contributed by atoms with Gasteiger partial charge in [0.2, 0.25) is 0 Å². The fraction of sp³-hybridized carbons (Fsp3) is 0. The summed E-state index contributed by atoms with van der Waals surface area (Å²) in [5, 5.41) is 0. The second-order valence-electron chi connectivity index (χ2n) is 0.204. The van der Waals surface area contributed by atoms with E-state index in [0.29, 0.717) is 0 Å². The Morgan fingerprint density at radius 1 is 1.00 bits per heavy atom. The zero-order valence-electron chi connectivity index (χ0n) is 2.34. The molecule has 0 aliphatic carbocycles. The molecule has 0 aliphatic heterocycles. The van der Waals surface area contributed by atoms with Gasteiger partial charge in [-0.05, 0) is 0 Å². The van der Waals surface area contributed by atoms with E-state index < -0.39 is 17.2 Å². The van der Waals surface area contributed by atoms with Gasteiger partial charge in [0.1, 0.15) is 0 Å². The molecule has 26 valence electrons. The van der Waals surface area contributed by atoms with Crippen molar-refractivity contribution in [1.29, 1.82) is 0 Å². The molecule has 0 heterocycles. The molecule has 0 unspecified atom stereocenters. The van der Waals surface area contributed by atoms with Crippen molar-refractivity contribution < 1.29 is 27.4 Å². The Labute approximate surface area is 50.4 Å². The minimum atomic E-state index is -4.11. The quantitative estimate of drug-likeness (QED) is 0.448. The van der Waals surface area contributed by atoms with Crippen LogP contribution in [0.15, 0.2) is 0 Å². The molecule has 0 saturated heterocycles. The van der Waals surface area contributed by atoms with E-state index in [1.165, 1.54) is 0 Å². The summed E-state index contributed by atoms with van der Waals surface area (Å²) in [7, 11) is 0. The van der Waals surface area contributed by atoms with E-state index >= 15 is 0 Å². The SMILES string of the molecule is [Mg].[O]=[Mo](=[O])=[O]. The summed E-state index contributed by atoms with van der Waals surface area (Å²) in [6, 6.07) is 0. The predicted molar refractivity (Wildman–Crippen MR) is 7.81 cm³/mol. The van der Waals surface area contributed by atoms with Crippen LogP contribution in [0.3, 0.4) is 0 Å². The Kier molecular flexibility index (Phi) is 9.02. The molecule has 0 aliphatic rings. The van der Waals surface area contributed by atoms with Gasteiger partial charge in [-0.15, -0.1) is 0 Å². The summed E-state index contributed by atoms with van der Waals surface area (Å²) >= 11 is -4.11. The van der Waals surface area contributed by atoms with E-state index in [4.69, 9.17) is 10.2 Å². The van der Waals surface area contributed by atoms with Crippen LogP contribution in [0, 0.1) is 0 Å². The molecule has 0 saturated carbocycles.